The van der Waals surface area contributed by atoms with Gasteiger partial charge in [0, 0.05) is 19.4 Å². The van der Waals surface area contributed by atoms with Crippen molar-refractivity contribution in [3.05, 3.63) is 35.9 Å². The van der Waals surface area contributed by atoms with Crippen LogP contribution in [0.2, 0.25) is 0 Å². The van der Waals surface area contributed by atoms with Gasteiger partial charge in [-0.25, -0.2) is 0 Å². The first kappa shape index (κ1) is 13.4. The van der Waals surface area contributed by atoms with Crippen LogP contribution in [0.3, 0.4) is 0 Å². The first-order valence-electron chi connectivity index (χ1n) is 5.04. The molecule has 1 unspecified atom stereocenters. The van der Waals surface area contributed by atoms with E-state index in [0.29, 0.717) is 5.56 Å². The van der Waals surface area contributed by atoms with Crippen LogP contribution in [0, 0.1) is 0 Å². The van der Waals surface area contributed by atoms with Crippen LogP contribution in [-0.2, 0) is 9.59 Å². The molecule has 4 nitrogen and oxygen atoms in total. The predicted octanol–water partition coefficient (Wildman–Crippen LogP) is 1.61. The van der Waals surface area contributed by atoms with E-state index in [2.05, 4.69) is 5.32 Å². The first-order chi connectivity index (χ1) is 8.00. The molecule has 1 N–H and O–H groups in total. The minimum absolute atomic E-state index is 0.215. The quantitative estimate of drug-likeness (QED) is 0.652. The van der Waals surface area contributed by atoms with E-state index in [9.17, 15) is 14.4 Å². The summed E-state index contributed by atoms with van der Waals surface area (Å²) in [7, 11) is 0. The maximum absolute atomic E-state index is 12.0. The molecule has 90 valence electrons. The maximum atomic E-state index is 12.0. The molecule has 1 aromatic carbocycles. The van der Waals surface area contributed by atoms with Gasteiger partial charge in [-0.1, -0.05) is 42.1 Å². The van der Waals surface area contributed by atoms with Crippen LogP contribution < -0.4 is 5.32 Å². The van der Waals surface area contributed by atoms with Crippen molar-refractivity contribution >= 4 is 28.6 Å². The second kappa shape index (κ2) is 6.20. The monoisotopic (exact) mass is 251 g/mol. The molecule has 0 heterocycles. The van der Waals surface area contributed by atoms with Crippen LogP contribution >= 0.6 is 11.8 Å². The Balaban J connectivity index is 2.86. The Morgan fingerprint density at radius 2 is 1.71 bits per heavy atom. The van der Waals surface area contributed by atoms with Crippen LogP contribution in [0.1, 0.15) is 24.2 Å². The summed E-state index contributed by atoms with van der Waals surface area (Å²) in [6, 6.07) is 8.56. The number of rotatable bonds is 4. The van der Waals surface area contributed by atoms with E-state index in [1.54, 1.807) is 30.3 Å². The number of carbonyl (C=O) groups excluding carboxylic acids is 3. The van der Waals surface area contributed by atoms with Crippen LogP contribution in [0.25, 0.3) is 0 Å². The zero-order valence-corrected chi connectivity index (χ0v) is 10.4. The fourth-order valence-corrected chi connectivity index (χ4v) is 2.05. The molecule has 5 heteroatoms. The minimum atomic E-state index is -0.854. The molecule has 0 bridgehead atoms. The third kappa shape index (κ3) is 4.40. The molecule has 0 radical (unpaired) electrons. The van der Waals surface area contributed by atoms with Crippen LogP contribution in [-0.4, -0.2) is 22.2 Å². The summed E-state index contributed by atoms with van der Waals surface area (Å²) < 4.78 is 0. The van der Waals surface area contributed by atoms with Crippen molar-refractivity contribution in [2.45, 2.75) is 19.2 Å². The first-order valence-corrected chi connectivity index (χ1v) is 5.92. The number of nitrogens with one attached hydrogen (secondary N) is 1. The number of ketones is 1. The second-order valence-electron chi connectivity index (χ2n) is 3.42. The van der Waals surface area contributed by atoms with Gasteiger partial charge in [-0.2, -0.15) is 0 Å². The summed E-state index contributed by atoms with van der Waals surface area (Å²) in [5.41, 5.74) is 0.472. The summed E-state index contributed by atoms with van der Waals surface area (Å²) >= 11 is 0.810. The molecule has 0 saturated carbocycles. The van der Waals surface area contributed by atoms with E-state index in [4.69, 9.17) is 0 Å². The summed E-state index contributed by atoms with van der Waals surface area (Å²) in [5, 5.41) is 1.39. The van der Waals surface area contributed by atoms with Crippen molar-refractivity contribution in [2.75, 3.05) is 0 Å². The lowest BCUT2D eigenvalue weighted by atomic mass is 10.1. The molecule has 0 aliphatic carbocycles. The molecule has 0 aromatic heterocycles. The average Bonchev–Trinajstić information content (AvgIpc) is 2.27. The highest BCUT2D eigenvalue weighted by molar-refractivity contribution is 8.14. The summed E-state index contributed by atoms with van der Waals surface area (Å²) in [6.45, 7) is 2.67. The van der Waals surface area contributed by atoms with Gasteiger partial charge in [0.25, 0.3) is 0 Å². The number of Topliss-reactive ketones (excluding diaryl/α,β-unsaturated/α-hetero) is 1. The topological polar surface area (TPSA) is 63.2 Å². The Hall–Kier alpha value is -1.62. The van der Waals surface area contributed by atoms with Crippen molar-refractivity contribution in [1.29, 1.82) is 0 Å². The SMILES string of the molecule is CC(=O)NC(SC(C)=O)C(=O)c1ccccc1. The number of carbonyl (C=O) groups is 3. The Bertz CT molecular complexity index is 415. The van der Waals surface area contributed by atoms with E-state index in [1.165, 1.54) is 13.8 Å². The van der Waals surface area contributed by atoms with Gasteiger partial charge in [-0.15, -0.1) is 0 Å². The normalized spacial score (nSPS) is 11.6. The number of hydrogen-bond donors (Lipinski definition) is 1. The van der Waals surface area contributed by atoms with Crippen molar-refractivity contribution in [3.63, 3.8) is 0 Å². The molecule has 0 aliphatic heterocycles. The number of benzene rings is 1. The number of amides is 1. The summed E-state index contributed by atoms with van der Waals surface area (Å²) in [5.74, 6) is -0.617. The lowest BCUT2D eigenvalue weighted by molar-refractivity contribution is -0.118. The molecule has 17 heavy (non-hydrogen) atoms. The van der Waals surface area contributed by atoms with Crippen molar-refractivity contribution in [3.8, 4) is 0 Å². The zero-order valence-electron chi connectivity index (χ0n) is 9.60. The summed E-state index contributed by atoms with van der Waals surface area (Å²) in [4.78, 5) is 34.0. The maximum Gasteiger partial charge on any atom is 0.218 e. The molecule has 0 spiro atoms. The summed E-state index contributed by atoms with van der Waals surface area (Å²) in [6.07, 6.45) is 0. The van der Waals surface area contributed by atoms with E-state index < -0.39 is 5.37 Å². The zero-order chi connectivity index (χ0) is 12.8. The van der Waals surface area contributed by atoms with Gasteiger partial charge in [0.15, 0.2) is 10.9 Å². The Labute approximate surface area is 104 Å². The Morgan fingerprint density at radius 1 is 1.12 bits per heavy atom. The number of thioether (sulfide) groups is 1. The van der Waals surface area contributed by atoms with E-state index in [0.717, 1.165) is 11.8 Å². The van der Waals surface area contributed by atoms with E-state index in [-0.39, 0.29) is 16.8 Å². The molecular formula is C12H13NO3S. The average molecular weight is 251 g/mol. The van der Waals surface area contributed by atoms with Gasteiger partial charge < -0.3 is 5.32 Å². The molecule has 0 fully saturated rings. The van der Waals surface area contributed by atoms with E-state index >= 15 is 0 Å². The third-order valence-electron chi connectivity index (χ3n) is 1.91. The highest BCUT2D eigenvalue weighted by Crippen LogP contribution is 2.15. The van der Waals surface area contributed by atoms with Gasteiger partial charge in [0.05, 0.1) is 0 Å². The van der Waals surface area contributed by atoms with Gasteiger partial charge in [-0.05, 0) is 0 Å². The molecule has 1 atom stereocenters. The number of hydrogen-bond acceptors (Lipinski definition) is 4. The fraction of sp³-hybridized carbons (Fsp3) is 0.250. The smallest absolute Gasteiger partial charge is 0.218 e. The van der Waals surface area contributed by atoms with Crippen LogP contribution in [0.4, 0.5) is 0 Å². The Kier molecular flexibility index (Phi) is 4.90. The highest BCUT2D eigenvalue weighted by atomic mass is 32.2. The van der Waals surface area contributed by atoms with Crippen molar-refractivity contribution in [2.24, 2.45) is 0 Å². The minimum Gasteiger partial charge on any atom is -0.337 e. The van der Waals surface area contributed by atoms with Crippen molar-refractivity contribution < 1.29 is 14.4 Å². The fourth-order valence-electron chi connectivity index (χ4n) is 1.25. The molecule has 1 amide bonds. The lowest BCUT2D eigenvalue weighted by Gasteiger charge is -2.14. The van der Waals surface area contributed by atoms with Crippen molar-refractivity contribution in [1.82, 2.24) is 5.32 Å². The molecular weight excluding hydrogens is 238 g/mol. The predicted molar refractivity (Wildman–Crippen MR) is 66.6 cm³/mol. The largest absolute Gasteiger partial charge is 0.337 e. The van der Waals surface area contributed by atoms with Gasteiger partial charge >= 0.3 is 0 Å². The van der Waals surface area contributed by atoms with Crippen LogP contribution in [0.15, 0.2) is 30.3 Å². The lowest BCUT2D eigenvalue weighted by Crippen LogP contribution is -2.37. The van der Waals surface area contributed by atoms with E-state index in [1.807, 2.05) is 0 Å². The van der Waals surface area contributed by atoms with Gasteiger partial charge in [-0.3, -0.25) is 14.4 Å². The molecule has 0 saturated heterocycles. The molecule has 0 aliphatic rings. The third-order valence-corrected chi connectivity index (χ3v) is 2.81. The molecule has 1 rings (SSSR count). The van der Waals surface area contributed by atoms with Gasteiger partial charge in [0.1, 0.15) is 5.37 Å². The second-order valence-corrected chi connectivity index (χ2v) is 4.70. The molecule has 1 aromatic rings. The van der Waals surface area contributed by atoms with Crippen LogP contribution in [0.5, 0.6) is 0 Å². The Morgan fingerprint density at radius 3 is 2.18 bits per heavy atom. The van der Waals surface area contributed by atoms with Gasteiger partial charge in [0.2, 0.25) is 5.91 Å². The standard InChI is InChI=1S/C12H13NO3S/c1-8(14)13-12(17-9(2)15)11(16)10-6-4-3-5-7-10/h3-7,12H,1-2H3,(H,13,14). The highest BCUT2D eigenvalue weighted by Gasteiger charge is 2.22.